The van der Waals surface area contributed by atoms with Crippen molar-refractivity contribution < 1.29 is 36.2 Å². The molecule has 1 aliphatic heterocycles. The second-order valence-electron chi connectivity index (χ2n) is 8.47. The summed E-state index contributed by atoms with van der Waals surface area (Å²) in [6.07, 6.45) is -4.97. The van der Waals surface area contributed by atoms with E-state index < -0.39 is 34.4 Å². The monoisotopic (exact) mass is 528 g/mol. The molecular formula is C23H23F3N2O5S2. The molecule has 2 atom stereocenters. The van der Waals surface area contributed by atoms with Gasteiger partial charge in [0, 0.05) is 35.6 Å². The number of benzene rings is 2. The van der Waals surface area contributed by atoms with Gasteiger partial charge in [0.05, 0.1) is 11.3 Å². The van der Waals surface area contributed by atoms with Crippen LogP contribution in [0.1, 0.15) is 19.4 Å². The Balaban J connectivity index is 1.56. The quantitative estimate of drug-likeness (QED) is 0.499. The average molecular weight is 529 g/mol. The summed E-state index contributed by atoms with van der Waals surface area (Å²) < 4.78 is 70.6. The van der Waals surface area contributed by atoms with E-state index in [1.165, 1.54) is 52.0 Å². The fourth-order valence-corrected chi connectivity index (χ4v) is 7.27. The molecule has 0 amide bonds. The minimum absolute atomic E-state index is 0.0934. The first-order valence-corrected chi connectivity index (χ1v) is 13.0. The van der Waals surface area contributed by atoms with Crippen LogP contribution in [0, 0.1) is 0 Å². The highest BCUT2D eigenvalue weighted by molar-refractivity contribution is 7.89. The molecule has 1 saturated heterocycles. The van der Waals surface area contributed by atoms with E-state index >= 15 is 0 Å². The molecule has 3 aromatic rings. The number of anilines is 1. The van der Waals surface area contributed by atoms with Crippen LogP contribution in [-0.2, 0) is 21.2 Å². The van der Waals surface area contributed by atoms with Gasteiger partial charge in [-0.05, 0) is 72.6 Å². The van der Waals surface area contributed by atoms with Gasteiger partial charge in [-0.2, -0.15) is 4.31 Å². The first-order chi connectivity index (χ1) is 16.3. The Hall–Kier alpha value is -2.83. The van der Waals surface area contributed by atoms with Gasteiger partial charge in [-0.3, -0.25) is 4.79 Å². The number of fused-ring (bicyclic) bond motifs is 1. The summed E-state index contributed by atoms with van der Waals surface area (Å²) in [5, 5.41) is 11.5. The maximum Gasteiger partial charge on any atom is 0.573 e. The second-order valence-corrected chi connectivity index (χ2v) is 11.2. The summed E-state index contributed by atoms with van der Waals surface area (Å²) in [4.78, 5) is 13.2. The van der Waals surface area contributed by atoms with E-state index in [0.29, 0.717) is 29.7 Å². The Morgan fingerprint density at radius 1 is 1.11 bits per heavy atom. The number of sulfonamides is 1. The number of alkyl halides is 3. The number of carbonyl (C=O) groups is 1. The normalized spacial score (nSPS) is 19.7. The fourth-order valence-electron chi connectivity index (χ4n) is 4.49. The van der Waals surface area contributed by atoms with Crippen molar-refractivity contribution in [2.24, 2.45) is 0 Å². The highest BCUT2D eigenvalue weighted by atomic mass is 32.2. The molecule has 7 nitrogen and oxygen atoms in total. The lowest BCUT2D eigenvalue weighted by molar-refractivity contribution is -0.274. The van der Waals surface area contributed by atoms with Crippen LogP contribution in [0.4, 0.5) is 18.9 Å². The number of hydrogen-bond acceptors (Lipinski definition) is 6. The van der Waals surface area contributed by atoms with Crippen LogP contribution in [0.15, 0.2) is 52.7 Å². The Kier molecular flexibility index (Phi) is 6.73. The van der Waals surface area contributed by atoms with Crippen LogP contribution in [0.2, 0.25) is 0 Å². The lowest BCUT2D eigenvalue weighted by atomic mass is 10.1. The van der Waals surface area contributed by atoms with E-state index in [1.54, 1.807) is 25.3 Å². The van der Waals surface area contributed by atoms with E-state index in [9.17, 15) is 26.4 Å². The summed E-state index contributed by atoms with van der Waals surface area (Å²) in [5.74, 6) is -1.32. The molecule has 0 spiro atoms. The van der Waals surface area contributed by atoms with Crippen molar-refractivity contribution in [2.75, 3.05) is 18.0 Å². The van der Waals surface area contributed by atoms with Crippen LogP contribution in [-0.4, -0.2) is 55.3 Å². The molecule has 1 aromatic heterocycles. The number of aliphatic carboxylic acids is 1. The van der Waals surface area contributed by atoms with Gasteiger partial charge >= 0.3 is 12.3 Å². The molecule has 0 radical (unpaired) electrons. The van der Waals surface area contributed by atoms with Gasteiger partial charge in [0.1, 0.15) is 5.75 Å². The summed E-state index contributed by atoms with van der Waals surface area (Å²) in [5.41, 5.74) is 1.23. The van der Waals surface area contributed by atoms with Gasteiger partial charge in [-0.15, -0.1) is 24.5 Å². The van der Waals surface area contributed by atoms with Gasteiger partial charge in [-0.1, -0.05) is 0 Å². The van der Waals surface area contributed by atoms with Crippen LogP contribution >= 0.6 is 11.3 Å². The van der Waals surface area contributed by atoms with Crippen LogP contribution in [0.25, 0.3) is 10.1 Å². The third-order valence-corrected chi connectivity index (χ3v) is 8.95. The van der Waals surface area contributed by atoms with Crippen molar-refractivity contribution in [3.8, 4) is 5.75 Å². The molecule has 2 heterocycles. The molecule has 2 aromatic carbocycles. The number of rotatable bonds is 6. The largest absolute Gasteiger partial charge is 0.573 e. The number of carboxylic acid groups (broad SMARTS) is 1. The molecule has 1 aliphatic rings. The molecule has 0 unspecified atom stereocenters. The average Bonchev–Trinajstić information content (AvgIpc) is 3.14. The van der Waals surface area contributed by atoms with Crippen LogP contribution in [0.3, 0.4) is 0 Å². The molecular weight excluding hydrogens is 505 g/mol. The summed E-state index contributed by atoms with van der Waals surface area (Å²) in [6, 6.07) is 9.39. The SMILES string of the molecule is C[C@@H]1CN(c2ccc(OC(F)(F)F)cc2)C[C@H](C)N1S(=O)(=O)c1ccc2scc(CC(=O)O)c2c1. The summed E-state index contributed by atoms with van der Waals surface area (Å²) in [6.45, 7) is 4.24. The molecule has 35 heavy (non-hydrogen) atoms. The van der Waals surface area contributed by atoms with Crippen LogP contribution in [0.5, 0.6) is 5.75 Å². The third-order valence-electron chi connectivity index (χ3n) is 5.82. The van der Waals surface area contributed by atoms with Crippen molar-refractivity contribution in [3.63, 3.8) is 0 Å². The maximum absolute atomic E-state index is 13.6. The molecule has 12 heteroatoms. The van der Waals surface area contributed by atoms with Crippen molar-refractivity contribution in [1.82, 2.24) is 4.31 Å². The minimum atomic E-state index is -4.77. The number of thiophene rings is 1. The first-order valence-electron chi connectivity index (χ1n) is 10.7. The Labute approximate surface area is 204 Å². The molecule has 4 rings (SSSR count). The summed E-state index contributed by atoms with van der Waals surface area (Å²) >= 11 is 1.36. The number of nitrogens with zero attached hydrogens (tertiary/aromatic N) is 2. The maximum atomic E-state index is 13.6. The first kappa shape index (κ1) is 25.3. The predicted molar refractivity (Wildman–Crippen MR) is 126 cm³/mol. The smallest absolute Gasteiger partial charge is 0.481 e. The molecule has 0 aliphatic carbocycles. The molecule has 0 bridgehead atoms. The standard InChI is InChI=1S/C23H23F3N2O5S2/c1-14-11-27(17-3-5-18(6-4-17)33-23(24,25)26)12-15(2)28(14)35(31,32)19-7-8-21-20(10-19)16(13-34-21)9-22(29)30/h3-8,10,13-15H,9,11-12H2,1-2H3,(H,29,30)/t14-,15+. The Morgan fingerprint density at radius 2 is 1.74 bits per heavy atom. The van der Waals surface area contributed by atoms with Crippen molar-refractivity contribution in [2.45, 2.75) is 43.6 Å². The number of hydrogen-bond donors (Lipinski definition) is 1. The van der Waals surface area contributed by atoms with E-state index in [1.807, 2.05) is 4.90 Å². The summed E-state index contributed by atoms with van der Waals surface area (Å²) in [7, 11) is -3.89. The Bertz CT molecular complexity index is 1330. The van der Waals surface area contributed by atoms with Crippen molar-refractivity contribution in [3.05, 3.63) is 53.4 Å². The lowest BCUT2D eigenvalue weighted by Gasteiger charge is -2.44. The number of halogens is 3. The van der Waals surface area contributed by atoms with E-state index in [-0.39, 0.29) is 17.1 Å². The van der Waals surface area contributed by atoms with Crippen LogP contribution < -0.4 is 9.64 Å². The predicted octanol–water partition coefficient (Wildman–Crippen LogP) is 4.71. The number of carboxylic acids is 1. The third kappa shape index (κ3) is 5.39. The zero-order valence-electron chi connectivity index (χ0n) is 18.8. The fraction of sp³-hybridized carbons (Fsp3) is 0.348. The van der Waals surface area contributed by atoms with Gasteiger partial charge in [-0.25, -0.2) is 8.42 Å². The molecule has 0 saturated carbocycles. The number of ether oxygens (including phenoxy) is 1. The zero-order valence-corrected chi connectivity index (χ0v) is 20.5. The highest BCUT2D eigenvalue weighted by Gasteiger charge is 2.39. The van der Waals surface area contributed by atoms with E-state index in [0.717, 1.165) is 4.70 Å². The minimum Gasteiger partial charge on any atom is -0.481 e. The van der Waals surface area contributed by atoms with E-state index in [2.05, 4.69) is 4.74 Å². The van der Waals surface area contributed by atoms with E-state index in [4.69, 9.17) is 5.11 Å². The van der Waals surface area contributed by atoms with Gasteiger partial charge < -0.3 is 14.7 Å². The number of piperazine rings is 1. The second kappa shape index (κ2) is 9.32. The molecule has 1 fully saturated rings. The Morgan fingerprint density at radius 3 is 2.31 bits per heavy atom. The van der Waals surface area contributed by atoms with Crippen molar-refractivity contribution in [1.29, 1.82) is 0 Å². The highest BCUT2D eigenvalue weighted by Crippen LogP contribution is 2.33. The van der Waals surface area contributed by atoms with Gasteiger partial charge in [0.2, 0.25) is 10.0 Å². The molecule has 1 N–H and O–H groups in total. The van der Waals surface area contributed by atoms with Gasteiger partial charge in [0.15, 0.2) is 0 Å². The molecule has 188 valence electrons. The van der Waals surface area contributed by atoms with Gasteiger partial charge in [0.25, 0.3) is 0 Å². The zero-order chi connectivity index (χ0) is 25.5. The topological polar surface area (TPSA) is 87.2 Å². The van der Waals surface area contributed by atoms with Crippen molar-refractivity contribution >= 4 is 43.1 Å². The lowest BCUT2D eigenvalue weighted by Crippen LogP contribution is -2.58.